The van der Waals surface area contributed by atoms with E-state index in [0.717, 1.165) is 0 Å². The fraction of sp³-hybridized carbons (Fsp3) is 0.222. The topological polar surface area (TPSA) is 46.3 Å². The number of nitrogens with two attached hydrogens (primary N) is 1. The second-order valence-electron chi connectivity index (χ2n) is 3.05. The van der Waals surface area contributed by atoms with Gasteiger partial charge in [-0.2, -0.15) is 0 Å². The van der Waals surface area contributed by atoms with Gasteiger partial charge in [0.25, 0.3) is 5.91 Å². The molecule has 0 aliphatic rings. The molecule has 0 fully saturated rings. The molecule has 1 aromatic carbocycles. The van der Waals surface area contributed by atoms with Gasteiger partial charge in [0.05, 0.1) is 11.3 Å². The summed E-state index contributed by atoms with van der Waals surface area (Å²) in [5.74, 6) is -0.754. The highest BCUT2D eigenvalue weighted by Crippen LogP contribution is 2.23. The molecule has 76 valence electrons. The summed E-state index contributed by atoms with van der Waals surface area (Å²) in [6.45, 7) is 0. The number of nitrogens with zero attached hydrogens (tertiary/aromatic N) is 1. The van der Waals surface area contributed by atoms with Crippen LogP contribution in [0.2, 0.25) is 0 Å². The Hall–Kier alpha value is -1.10. The maximum Gasteiger partial charge on any atom is 0.254 e. The molecule has 0 saturated carbocycles. The number of benzene rings is 1. The van der Waals surface area contributed by atoms with Crippen molar-refractivity contribution in [2.24, 2.45) is 0 Å². The summed E-state index contributed by atoms with van der Waals surface area (Å²) >= 11 is 3.11. The SMILES string of the molecule is CN(C)C(=O)c1cc(N)c(F)cc1Br. The van der Waals surface area contributed by atoms with Crippen molar-refractivity contribution in [3.8, 4) is 0 Å². The Labute approximate surface area is 89.8 Å². The van der Waals surface area contributed by atoms with Crippen LogP contribution in [-0.2, 0) is 0 Å². The number of carbonyl (C=O) groups excluding carboxylic acids is 1. The molecule has 1 amide bonds. The molecule has 0 saturated heterocycles. The minimum atomic E-state index is -0.535. The van der Waals surface area contributed by atoms with Crippen LogP contribution >= 0.6 is 15.9 Å². The van der Waals surface area contributed by atoms with Crippen LogP contribution < -0.4 is 5.73 Å². The first kappa shape index (κ1) is 11.0. The third kappa shape index (κ3) is 2.04. The summed E-state index contributed by atoms with van der Waals surface area (Å²) in [7, 11) is 3.24. The van der Waals surface area contributed by atoms with Gasteiger partial charge in [-0.1, -0.05) is 0 Å². The fourth-order valence-corrected chi connectivity index (χ4v) is 1.46. The highest BCUT2D eigenvalue weighted by molar-refractivity contribution is 9.10. The van der Waals surface area contributed by atoms with Gasteiger partial charge in [0.15, 0.2) is 0 Å². The van der Waals surface area contributed by atoms with Gasteiger partial charge in [-0.05, 0) is 28.1 Å². The molecule has 5 heteroatoms. The van der Waals surface area contributed by atoms with Crippen LogP contribution in [0.15, 0.2) is 16.6 Å². The molecule has 0 spiro atoms. The Morgan fingerprint density at radius 3 is 2.57 bits per heavy atom. The van der Waals surface area contributed by atoms with E-state index in [1.165, 1.54) is 17.0 Å². The van der Waals surface area contributed by atoms with E-state index in [9.17, 15) is 9.18 Å². The first-order valence-corrected chi connectivity index (χ1v) is 4.69. The van der Waals surface area contributed by atoms with Gasteiger partial charge in [-0.3, -0.25) is 4.79 Å². The van der Waals surface area contributed by atoms with E-state index >= 15 is 0 Å². The van der Waals surface area contributed by atoms with Crippen molar-refractivity contribution < 1.29 is 9.18 Å². The normalized spacial score (nSPS) is 10.0. The lowest BCUT2D eigenvalue weighted by atomic mass is 10.2. The van der Waals surface area contributed by atoms with Crippen LogP contribution in [0.25, 0.3) is 0 Å². The lowest BCUT2D eigenvalue weighted by molar-refractivity contribution is 0.0826. The Balaban J connectivity index is 3.22. The van der Waals surface area contributed by atoms with Gasteiger partial charge in [0, 0.05) is 18.6 Å². The number of anilines is 1. The van der Waals surface area contributed by atoms with E-state index in [1.807, 2.05) is 0 Å². The van der Waals surface area contributed by atoms with Crippen molar-refractivity contribution >= 4 is 27.5 Å². The summed E-state index contributed by atoms with van der Waals surface area (Å²) in [6, 6.07) is 2.51. The lowest BCUT2D eigenvalue weighted by Crippen LogP contribution is -2.22. The second-order valence-corrected chi connectivity index (χ2v) is 3.91. The van der Waals surface area contributed by atoms with Gasteiger partial charge in [-0.15, -0.1) is 0 Å². The predicted octanol–water partition coefficient (Wildman–Crippen LogP) is 1.87. The zero-order valence-corrected chi connectivity index (χ0v) is 9.43. The van der Waals surface area contributed by atoms with Gasteiger partial charge in [0.2, 0.25) is 0 Å². The maximum atomic E-state index is 12.9. The zero-order valence-electron chi connectivity index (χ0n) is 7.84. The van der Waals surface area contributed by atoms with Crippen LogP contribution in [0.5, 0.6) is 0 Å². The molecular formula is C9H10BrFN2O. The van der Waals surface area contributed by atoms with Crippen molar-refractivity contribution in [2.75, 3.05) is 19.8 Å². The number of carbonyl (C=O) groups is 1. The Morgan fingerprint density at radius 2 is 2.07 bits per heavy atom. The molecule has 2 N–H and O–H groups in total. The smallest absolute Gasteiger partial charge is 0.254 e. The number of nitrogen functional groups attached to an aromatic ring is 1. The van der Waals surface area contributed by atoms with E-state index in [1.54, 1.807) is 14.1 Å². The minimum Gasteiger partial charge on any atom is -0.396 e. The quantitative estimate of drug-likeness (QED) is 0.784. The van der Waals surface area contributed by atoms with Crippen molar-refractivity contribution in [1.82, 2.24) is 4.90 Å². The van der Waals surface area contributed by atoms with E-state index < -0.39 is 5.82 Å². The van der Waals surface area contributed by atoms with Gasteiger partial charge in [0.1, 0.15) is 5.82 Å². The third-order valence-corrected chi connectivity index (χ3v) is 2.38. The Kier molecular flexibility index (Phi) is 3.10. The summed E-state index contributed by atoms with van der Waals surface area (Å²) in [5, 5.41) is 0. The van der Waals surface area contributed by atoms with Gasteiger partial charge in [-0.25, -0.2) is 4.39 Å². The summed E-state index contributed by atoms with van der Waals surface area (Å²) < 4.78 is 13.3. The van der Waals surface area contributed by atoms with Crippen molar-refractivity contribution in [2.45, 2.75) is 0 Å². The number of hydrogen-bond donors (Lipinski definition) is 1. The molecule has 0 bridgehead atoms. The van der Waals surface area contributed by atoms with E-state index in [-0.39, 0.29) is 11.6 Å². The maximum absolute atomic E-state index is 12.9. The fourth-order valence-electron chi connectivity index (χ4n) is 0.971. The molecule has 0 heterocycles. The van der Waals surface area contributed by atoms with Crippen molar-refractivity contribution in [3.63, 3.8) is 0 Å². The van der Waals surface area contributed by atoms with Gasteiger partial charge >= 0.3 is 0 Å². The highest BCUT2D eigenvalue weighted by atomic mass is 79.9. The molecule has 0 aromatic heterocycles. The van der Waals surface area contributed by atoms with Crippen LogP contribution in [0.4, 0.5) is 10.1 Å². The second kappa shape index (κ2) is 3.96. The van der Waals surface area contributed by atoms with Crippen LogP contribution in [0.1, 0.15) is 10.4 Å². The van der Waals surface area contributed by atoms with Crippen molar-refractivity contribution in [3.05, 3.63) is 28.0 Å². The molecule has 0 unspecified atom stereocenters. The number of hydrogen-bond acceptors (Lipinski definition) is 2. The van der Waals surface area contributed by atoms with E-state index in [0.29, 0.717) is 10.0 Å². The molecular weight excluding hydrogens is 251 g/mol. The summed E-state index contributed by atoms with van der Waals surface area (Å²) in [4.78, 5) is 12.9. The first-order valence-electron chi connectivity index (χ1n) is 3.89. The average Bonchev–Trinajstić information content (AvgIpc) is 2.10. The first-order chi connectivity index (χ1) is 6.43. The summed E-state index contributed by atoms with van der Waals surface area (Å²) in [6.07, 6.45) is 0. The Bertz CT molecular complexity index is 379. The average molecular weight is 261 g/mol. The van der Waals surface area contributed by atoms with Crippen LogP contribution in [-0.4, -0.2) is 24.9 Å². The molecule has 1 rings (SSSR count). The van der Waals surface area contributed by atoms with Gasteiger partial charge < -0.3 is 10.6 Å². The van der Waals surface area contributed by atoms with E-state index in [4.69, 9.17) is 5.73 Å². The summed E-state index contributed by atoms with van der Waals surface area (Å²) in [5.41, 5.74) is 5.69. The lowest BCUT2D eigenvalue weighted by Gasteiger charge is -2.12. The van der Waals surface area contributed by atoms with Crippen molar-refractivity contribution in [1.29, 1.82) is 0 Å². The molecule has 0 radical (unpaired) electrons. The molecule has 0 aliphatic heterocycles. The van der Waals surface area contributed by atoms with Crippen LogP contribution in [0, 0.1) is 5.82 Å². The molecule has 14 heavy (non-hydrogen) atoms. The monoisotopic (exact) mass is 260 g/mol. The number of rotatable bonds is 1. The molecule has 1 aromatic rings. The molecule has 0 atom stereocenters. The third-order valence-electron chi connectivity index (χ3n) is 1.72. The number of amides is 1. The standard InChI is InChI=1S/C9H10BrFN2O/c1-13(2)9(14)5-3-8(12)7(11)4-6(5)10/h3-4H,12H2,1-2H3. The minimum absolute atomic E-state index is 0.0293. The van der Waals surface area contributed by atoms with E-state index in [2.05, 4.69) is 15.9 Å². The highest BCUT2D eigenvalue weighted by Gasteiger charge is 2.14. The zero-order chi connectivity index (χ0) is 10.9. The molecule has 3 nitrogen and oxygen atoms in total. The largest absolute Gasteiger partial charge is 0.396 e. The number of halogens is 2. The van der Waals surface area contributed by atoms with Crippen LogP contribution in [0.3, 0.4) is 0 Å². The Morgan fingerprint density at radius 1 is 1.50 bits per heavy atom. The predicted molar refractivity (Wildman–Crippen MR) is 56.5 cm³/mol. The molecule has 0 aliphatic carbocycles.